The highest BCUT2D eigenvalue weighted by Gasteiger charge is 2.41. The molecule has 0 spiro atoms. The lowest BCUT2D eigenvalue weighted by atomic mass is 9.95. The Labute approximate surface area is 338 Å². The van der Waals surface area contributed by atoms with Crippen molar-refractivity contribution < 1.29 is 42.2 Å². The Bertz CT molecular complexity index is 1840. The fourth-order valence-corrected chi connectivity index (χ4v) is 6.76. The number of hydrogen-bond donors (Lipinski definition) is 3. The minimum Gasteiger partial charge on any atom is -0.452 e. The number of nitrogens with one attached hydrogen (secondary N) is 2. The third kappa shape index (κ3) is 12.9. The third-order valence-electron chi connectivity index (χ3n) is 9.89. The summed E-state index contributed by atoms with van der Waals surface area (Å²) < 4.78 is 45.0. The lowest BCUT2D eigenvalue weighted by Gasteiger charge is -2.35. The van der Waals surface area contributed by atoms with Crippen LogP contribution in [0.2, 0.25) is 0 Å². The average Bonchev–Trinajstić information content (AvgIpc) is 3.51. The zero-order valence-corrected chi connectivity index (χ0v) is 34.3. The predicted octanol–water partition coefficient (Wildman–Crippen LogP) is 6.39. The van der Waals surface area contributed by atoms with Gasteiger partial charge in [0.05, 0.1) is 37.1 Å². The van der Waals surface area contributed by atoms with Gasteiger partial charge < -0.3 is 25.0 Å². The third-order valence-corrected chi connectivity index (χ3v) is 9.89. The summed E-state index contributed by atoms with van der Waals surface area (Å²) in [5, 5.41) is 16.3. The number of nitrogens with zero attached hydrogens (tertiary/aromatic N) is 5. The Morgan fingerprint density at radius 3 is 2.22 bits per heavy atom. The first-order valence-electron chi connectivity index (χ1n) is 19.4. The van der Waals surface area contributed by atoms with E-state index >= 15 is 0 Å². The van der Waals surface area contributed by atoms with E-state index < -0.39 is 53.4 Å². The van der Waals surface area contributed by atoms with Crippen molar-refractivity contribution in [3.8, 4) is 0 Å². The maximum Gasteiger partial charge on any atom is 0.417 e. The van der Waals surface area contributed by atoms with Crippen molar-refractivity contribution >= 4 is 24.1 Å². The summed E-state index contributed by atoms with van der Waals surface area (Å²) in [5.41, 5.74) is 3.94. The molecule has 0 saturated carbocycles. The number of hydrazine groups is 1. The molecule has 16 heteroatoms. The lowest BCUT2D eigenvalue weighted by Crippen LogP contribution is -2.59. The van der Waals surface area contributed by atoms with Gasteiger partial charge in [-0.05, 0) is 60.1 Å². The molecule has 1 aliphatic rings. The van der Waals surface area contributed by atoms with Crippen LogP contribution in [0.4, 0.5) is 27.6 Å². The first-order chi connectivity index (χ1) is 27.3. The van der Waals surface area contributed by atoms with Crippen molar-refractivity contribution in [3.05, 3.63) is 101 Å². The fraction of sp³-hybridized carbons (Fsp3) is 0.500. The highest BCUT2D eigenvalue weighted by Crippen LogP contribution is 2.29. The Morgan fingerprint density at radius 2 is 1.64 bits per heavy atom. The Balaban J connectivity index is 1.63. The van der Waals surface area contributed by atoms with Gasteiger partial charge in [0.2, 0.25) is 5.91 Å². The number of imide groups is 1. The van der Waals surface area contributed by atoms with Gasteiger partial charge in [-0.1, -0.05) is 89.6 Å². The number of amides is 6. The monoisotopic (exact) mass is 811 g/mol. The second kappa shape index (κ2) is 20.0. The van der Waals surface area contributed by atoms with Crippen LogP contribution < -0.4 is 10.7 Å². The number of urea groups is 2. The van der Waals surface area contributed by atoms with Crippen LogP contribution in [-0.2, 0) is 35.2 Å². The Morgan fingerprint density at radius 1 is 0.966 bits per heavy atom. The van der Waals surface area contributed by atoms with Gasteiger partial charge in [-0.3, -0.25) is 15.2 Å². The molecule has 316 valence electrons. The van der Waals surface area contributed by atoms with E-state index in [2.05, 4.69) is 15.7 Å². The van der Waals surface area contributed by atoms with E-state index in [0.29, 0.717) is 25.1 Å². The van der Waals surface area contributed by atoms with Crippen LogP contribution in [0.15, 0.2) is 72.8 Å². The summed E-state index contributed by atoms with van der Waals surface area (Å²) >= 11 is 0. The number of carbonyl (C=O) groups is 4. The van der Waals surface area contributed by atoms with Crippen LogP contribution in [0.1, 0.15) is 69.1 Å². The summed E-state index contributed by atoms with van der Waals surface area (Å²) in [6.07, 6.45) is -6.16. The smallest absolute Gasteiger partial charge is 0.417 e. The van der Waals surface area contributed by atoms with Gasteiger partial charge in [0.25, 0.3) is 0 Å². The number of aliphatic hydroxyl groups is 1. The van der Waals surface area contributed by atoms with E-state index in [1.807, 2.05) is 90.1 Å². The molecule has 1 saturated heterocycles. The number of aryl methyl sites for hydroxylation is 1. The molecule has 13 nitrogen and oxygen atoms in total. The number of ether oxygens (including phenoxy) is 1. The van der Waals surface area contributed by atoms with Crippen molar-refractivity contribution in [1.29, 1.82) is 0 Å². The number of rotatable bonds is 16. The molecule has 4 rings (SSSR count). The number of carbonyl (C=O) groups excluding carboxylic acids is 4. The van der Waals surface area contributed by atoms with Crippen molar-refractivity contribution in [2.75, 3.05) is 33.3 Å². The standard InChI is InChI=1S/C42H56F3N7O6/c1-8-28(2)36(51-22-21-49(39(51)56)25-33-16-12-13-29(3)46-33)37(54)47-34(23-30-14-10-9-11-15-30)35(53)26-50(24-31-17-19-32(20-18-31)42(43,44)45)48-38(55)52(40(57)58-7)27-41(4,5)6/h9-20,28,34-36,53H,8,21-27H2,1-7H3,(H,47,54)(H,48,55). The number of alkyl halides is 3. The minimum atomic E-state index is -4.57. The quantitative estimate of drug-likeness (QED) is 0.141. The van der Waals surface area contributed by atoms with Crippen molar-refractivity contribution in [2.24, 2.45) is 11.3 Å². The number of pyridine rings is 1. The number of aliphatic hydroxyl groups excluding tert-OH is 1. The van der Waals surface area contributed by atoms with Crippen LogP contribution >= 0.6 is 0 Å². The number of benzene rings is 2. The maximum atomic E-state index is 14.4. The number of aromatic nitrogens is 1. The number of halogens is 3. The summed E-state index contributed by atoms with van der Waals surface area (Å²) in [6, 6.07) is 16.0. The maximum absolute atomic E-state index is 14.4. The van der Waals surface area contributed by atoms with E-state index in [4.69, 9.17) is 4.74 Å². The largest absolute Gasteiger partial charge is 0.452 e. The topological polar surface area (TPSA) is 148 Å². The summed E-state index contributed by atoms with van der Waals surface area (Å²) in [5.74, 6) is -0.739. The van der Waals surface area contributed by atoms with Gasteiger partial charge >= 0.3 is 24.3 Å². The highest BCUT2D eigenvalue weighted by atomic mass is 19.4. The van der Waals surface area contributed by atoms with Crippen LogP contribution in [0.3, 0.4) is 0 Å². The molecule has 2 heterocycles. The van der Waals surface area contributed by atoms with Gasteiger partial charge in [-0.15, -0.1) is 0 Å². The zero-order valence-electron chi connectivity index (χ0n) is 34.3. The summed E-state index contributed by atoms with van der Waals surface area (Å²) in [4.78, 5) is 63.3. The van der Waals surface area contributed by atoms with E-state index in [1.165, 1.54) is 17.1 Å². The van der Waals surface area contributed by atoms with Gasteiger partial charge in [-0.2, -0.15) is 13.2 Å². The second-order valence-corrected chi connectivity index (χ2v) is 16.0. The zero-order chi connectivity index (χ0) is 42.8. The van der Waals surface area contributed by atoms with Crippen LogP contribution in [0.25, 0.3) is 0 Å². The molecule has 0 aliphatic carbocycles. The van der Waals surface area contributed by atoms with E-state index in [9.17, 15) is 37.5 Å². The number of hydrogen-bond acceptors (Lipinski definition) is 8. The molecule has 2 aromatic carbocycles. The van der Waals surface area contributed by atoms with E-state index in [0.717, 1.165) is 41.1 Å². The van der Waals surface area contributed by atoms with Gasteiger partial charge in [-0.25, -0.2) is 24.3 Å². The van der Waals surface area contributed by atoms with Crippen LogP contribution in [-0.4, -0.2) is 105 Å². The predicted molar refractivity (Wildman–Crippen MR) is 212 cm³/mol. The van der Waals surface area contributed by atoms with Gasteiger partial charge in [0.15, 0.2) is 0 Å². The van der Waals surface area contributed by atoms with Crippen LogP contribution in [0.5, 0.6) is 0 Å². The lowest BCUT2D eigenvalue weighted by molar-refractivity contribution is -0.137. The average molecular weight is 812 g/mol. The van der Waals surface area contributed by atoms with Gasteiger partial charge in [0, 0.05) is 38.4 Å². The SMILES string of the molecule is CCC(C)C(C(=O)NC(Cc1ccccc1)C(O)CN(Cc1ccc(C(F)(F)F)cc1)NC(=O)N(CC(C)(C)C)C(=O)OC)N1CCN(Cc2cccc(C)n2)C1=O. The molecule has 3 N–H and O–H groups in total. The van der Waals surface area contributed by atoms with Crippen molar-refractivity contribution in [3.63, 3.8) is 0 Å². The molecule has 6 amide bonds. The molecule has 1 fully saturated rings. The molecule has 3 aromatic rings. The van der Waals surface area contributed by atoms with Crippen molar-refractivity contribution in [1.82, 2.24) is 35.4 Å². The molecule has 1 aliphatic heterocycles. The Hall–Kier alpha value is -5.22. The van der Waals surface area contributed by atoms with E-state index in [-0.39, 0.29) is 44.5 Å². The molecule has 0 radical (unpaired) electrons. The molecule has 4 atom stereocenters. The first kappa shape index (κ1) is 45.5. The molecule has 0 bridgehead atoms. The highest BCUT2D eigenvalue weighted by molar-refractivity contribution is 5.90. The molecule has 58 heavy (non-hydrogen) atoms. The number of methoxy groups -OCH3 is 1. The normalized spacial score (nSPS) is 15.5. The van der Waals surface area contributed by atoms with Crippen LogP contribution in [0, 0.1) is 18.3 Å². The molecular formula is C42H56F3N7O6. The first-order valence-corrected chi connectivity index (χ1v) is 19.4. The molecule has 4 unspecified atom stereocenters. The minimum absolute atomic E-state index is 0.0416. The summed E-state index contributed by atoms with van der Waals surface area (Å²) in [7, 11) is 1.13. The van der Waals surface area contributed by atoms with E-state index in [1.54, 1.807) is 9.80 Å². The summed E-state index contributed by atoms with van der Waals surface area (Å²) in [6.45, 7) is 11.6. The molecule has 1 aromatic heterocycles. The van der Waals surface area contributed by atoms with Gasteiger partial charge in [0.1, 0.15) is 6.04 Å². The second-order valence-electron chi connectivity index (χ2n) is 16.0. The fourth-order valence-electron chi connectivity index (χ4n) is 6.76. The molecular weight excluding hydrogens is 755 g/mol. The van der Waals surface area contributed by atoms with Crippen molar-refractivity contribution in [2.45, 2.75) is 91.8 Å². The Kier molecular flexibility index (Phi) is 15.7.